The summed E-state index contributed by atoms with van der Waals surface area (Å²) in [6.45, 7) is 6.67. The van der Waals surface area contributed by atoms with Crippen LogP contribution in [-0.4, -0.2) is 43.5 Å². The van der Waals surface area contributed by atoms with E-state index < -0.39 is 0 Å². The van der Waals surface area contributed by atoms with E-state index in [0.717, 1.165) is 64.5 Å². The van der Waals surface area contributed by atoms with Crippen molar-refractivity contribution in [2.24, 2.45) is 44.8 Å². The lowest BCUT2D eigenvalue weighted by Crippen LogP contribution is -2.57. The maximum absolute atomic E-state index is 12.8. The standard InChI is InChI=1S/C24H37N3O3/c1-23-9-6-16(26-30-17-8-11-25-14-17)12-15(23)13-20(27-29-3)22-18-4-5-21(28)24(18,2)10-7-19(22)23/h15,17-19,22,25H,4-14H2,1-3H3/b26-16-,27-20+/t15?,17-,18+,19+,22+,23+,24+/m1/s1. The molecule has 6 nitrogen and oxygen atoms in total. The largest absolute Gasteiger partial charge is 0.399 e. The van der Waals surface area contributed by atoms with Crippen LogP contribution in [0.15, 0.2) is 10.3 Å². The van der Waals surface area contributed by atoms with Gasteiger partial charge in [0.05, 0.1) is 11.4 Å². The fourth-order valence-electron chi connectivity index (χ4n) is 7.70. The van der Waals surface area contributed by atoms with E-state index >= 15 is 0 Å². The summed E-state index contributed by atoms with van der Waals surface area (Å²) in [6, 6.07) is 0. The topological polar surface area (TPSA) is 72.3 Å². The Morgan fingerprint density at radius 1 is 1.03 bits per heavy atom. The number of rotatable bonds is 3. The third-order valence-electron chi connectivity index (χ3n) is 9.59. The van der Waals surface area contributed by atoms with E-state index in [-0.39, 0.29) is 11.5 Å². The highest BCUT2D eigenvalue weighted by Gasteiger charge is 2.62. The Kier molecular flexibility index (Phi) is 5.19. The van der Waals surface area contributed by atoms with E-state index in [9.17, 15) is 4.79 Å². The molecule has 4 aliphatic carbocycles. The predicted octanol–water partition coefficient (Wildman–Crippen LogP) is 3.95. The molecule has 5 aliphatic rings. The number of fused-ring (bicyclic) bond motifs is 5. The number of Topliss-reactive ketones (excluding diaryl/α,β-unsaturated/α-hetero) is 1. The third-order valence-corrected chi connectivity index (χ3v) is 9.59. The van der Waals surface area contributed by atoms with Crippen molar-refractivity contribution < 1.29 is 14.5 Å². The normalized spacial score (nSPS) is 48.4. The Morgan fingerprint density at radius 3 is 2.67 bits per heavy atom. The van der Waals surface area contributed by atoms with E-state index in [4.69, 9.17) is 9.68 Å². The maximum atomic E-state index is 12.8. The summed E-state index contributed by atoms with van der Waals surface area (Å²) in [5.41, 5.74) is 2.57. The Balaban J connectivity index is 1.40. The van der Waals surface area contributed by atoms with Gasteiger partial charge in [0.15, 0.2) is 0 Å². The van der Waals surface area contributed by atoms with Gasteiger partial charge in [-0.15, -0.1) is 0 Å². The monoisotopic (exact) mass is 415 g/mol. The number of nitrogens with one attached hydrogen (secondary N) is 1. The van der Waals surface area contributed by atoms with Crippen LogP contribution in [0.4, 0.5) is 0 Å². The van der Waals surface area contributed by atoms with Gasteiger partial charge in [0.2, 0.25) is 0 Å². The molecule has 30 heavy (non-hydrogen) atoms. The molecule has 0 radical (unpaired) electrons. The molecule has 0 aromatic heterocycles. The molecule has 6 heteroatoms. The summed E-state index contributed by atoms with van der Waals surface area (Å²) in [5.74, 6) is 2.44. The molecule has 1 saturated heterocycles. The summed E-state index contributed by atoms with van der Waals surface area (Å²) < 4.78 is 0. The molecule has 1 heterocycles. The number of nitrogens with zero attached hydrogens (tertiary/aromatic N) is 2. The van der Waals surface area contributed by atoms with E-state index in [1.165, 1.54) is 17.8 Å². The van der Waals surface area contributed by atoms with Crippen LogP contribution >= 0.6 is 0 Å². The highest BCUT2D eigenvalue weighted by Crippen LogP contribution is 2.64. The van der Waals surface area contributed by atoms with Gasteiger partial charge in [-0.1, -0.05) is 24.2 Å². The van der Waals surface area contributed by atoms with Gasteiger partial charge < -0.3 is 15.0 Å². The Hall–Kier alpha value is -1.43. The van der Waals surface area contributed by atoms with E-state index in [0.29, 0.717) is 34.9 Å². The van der Waals surface area contributed by atoms with Crippen molar-refractivity contribution in [1.29, 1.82) is 0 Å². The minimum Gasteiger partial charge on any atom is -0.399 e. The second-order valence-electron chi connectivity index (χ2n) is 10.9. The van der Waals surface area contributed by atoms with Crippen molar-refractivity contribution in [2.45, 2.75) is 77.7 Å². The number of carbonyl (C=O) groups is 1. The van der Waals surface area contributed by atoms with E-state index in [2.05, 4.69) is 29.5 Å². The fourth-order valence-corrected chi connectivity index (χ4v) is 7.70. The summed E-state index contributed by atoms with van der Waals surface area (Å²) in [5, 5.41) is 12.5. The molecule has 5 rings (SSSR count). The molecule has 0 aromatic carbocycles. The molecule has 5 fully saturated rings. The van der Waals surface area contributed by atoms with Crippen molar-refractivity contribution in [1.82, 2.24) is 5.32 Å². The zero-order valence-corrected chi connectivity index (χ0v) is 18.8. The average Bonchev–Trinajstić information content (AvgIpc) is 3.35. The molecule has 0 spiro atoms. The van der Waals surface area contributed by atoms with Crippen molar-refractivity contribution in [2.75, 3.05) is 20.2 Å². The van der Waals surface area contributed by atoms with Crippen LogP contribution in [0.25, 0.3) is 0 Å². The first-order valence-corrected chi connectivity index (χ1v) is 12.0. The number of oxime groups is 2. The molecular weight excluding hydrogens is 378 g/mol. The molecule has 166 valence electrons. The fraction of sp³-hybridized carbons (Fsp3) is 0.875. The lowest BCUT2D eigenvalue weighted by Gasteiger charge is -2.59. The van der Waals surface area contributed by atoms with Crippen LogP contribution in [0.1, 0.15) is 71.6 Å². The molecule has 0 bridgehead atoms. The highest BCUT2D eigenvalue weighted by molar-refractivity contribution is 5.94. The van der Waals surface area contributed by atoms with Crippen LogP contribution < -0.4 is 5.32 Å². The molecule has 0 amide bonds. The predicted molar refractivity (Wildman–Crippen MR) is 116 cm³/mol. The van der Waals surface area contributed by atoms with Crippen molar-refractivity contribution in [3.8, 4) is 0 Å². The van der Waals surface area contributed by atoms with Crippen LogP contribution in [0, 0.1) is 34.5 Å². The number of hydrogen-bond acceptors (Lipinski definition) is 6. The second-order valence-corrected chi connectivity index (χ2v) is 10.9. The molecular formula is C24H37N3O3. The minimum atomic E-state index is -0.149. The molecule has 1 N–H and O–H groups in total. The first-order chi connectivity index (χ1) is 14.5. The molecule has 4 saturated carbocycles. The van der Waals surface area contributed by atoms with Gasteiger partial charge in [-0.3, -0.25) is 4.79 Å². The number of hydrogen-bond donors (Lipinski definition) is 1. The highest BCUT2D eigenvalue weighted by atomic mass is 16.6. The zero-order chi connectivity index (χ0) is 20.9. The first-order valence-electron chi connectivity index (χ1n) is 12.0. The van der Waals surface area contributed by atoms with Crippen molar-refractivity contribution >= 4 is 17.2 Å². The summed E-state index contributed by atoms with van der Waals surface area (Å²) >= 11 is 0. The van der Waals surface area contributed by atoms with Gasteiger partial charge in [0.25, 0.3) is 0 Å². The lowest BCUT2D eigenvalue weighted by atomic mass is 9.45. The quantitative estimate of drug-likeness (QED) is 0.709. The number of ketones is 1. The van der Waals surface area contributed by atoms with Crippen LogP contribution in [0.3, 0.4) is 0 Å². The van der Waals surface area contributed by atoms with Crippen LogP contribution in [-0.2, 0) is 14.5 Å². The Labute approximate surface area is 180 Å². The molecule has 1 aliphatic heterocycles. The van der Waals surface area contributed by atoms with E-state index in [1.54, 1.807) is 7.11 Å². The van der Waals surface area contributed by atoms with Gasteiger partial charge in [-0.05, 0) is 74.7 Å². The summed E-state index contributed by atoms with van der Waals surface area (Å²) in [6.07, 6.45) is 9.39. The minimum absolute atomic E-state index is 0.149. The molecule has 1 unspecified atom stereocenters. The van der Waals surface area contributed by atoms with Crippen LogP contribution in [0.2, 0.25) is 0 Å². The van der Waals surface area contributed by atoms with E-state index in [1.807, 2.05) is 0 Å². The second kappa shape index (κ2) is 7.61. The maximum Gasteiger partial charge on any atom is 0.141 e. The molecule has 0 aromatic rings. The zero-order valence-electron chi connectivity index (χ0n) is 18.8. The average molecular weight is 416 g/mol. The summed E-state index contributed by atoms with van der Waals surface area (Å²) in [7, 11) is 1.66. The Morgan fingerprint density at radius 2 is 1.90 bits per heavy atom. The smallest absolute Gasteiger partial charge is 0.141 e. The first kappa shape index (κ1) is 20.5. The van der Waals surface area contributed by atoms with Gasteiger partial charge in [0.1, 0.15) is 19.0 Å². The lowest BCUT2D eigenvalue weighted by molar-refractivity contribution is -0.131. The van der Waals surface area contributed by atoms with Gasteiger partial charge >= 0.3 is 0 Å². The third kappa shape index (κ3) is 3.12. The molecule has 7 atom stereocenters. The summed E-state index contributed by atoms with van der Waals surface area (Å²) in [4.78, 5) is 23.9. The van der Waals surface area contributed by atoms with Crippen molar-refractivity contribution in [3.63, 3.8) is 0 Å². The van der Waals surface area contributed by atoms with Gasteiger partial charge in [-0.25, -0.2) is 0 Å². The SMILES string of the molecule is CO/N=C1\CC2C/C(=N\O[C@@H]3CCNC3)CC[C@]2(C)[C@H]2CC[C@]3(C)C(=O)CC[C@H]3[C@H]12. The van der Waals surface area contributed by atoms with Gasteiger partial charge in [-0.2, -0.15) is 0 Å². The van der Waals surface area contributed by atoms with Crippen molar-refractivity contribution in [3.05, 3.63) is 0 Å². The van der Waals surface area contributed by atoms with Crippen LogP contribution in [0.5, 0.6) is 0 Å². The van der Waals surface area contributed by atoms with Gasteiger partial charge in [0, 0.05) is 30.7 Å². The Bertz CT molecular complexity index is 759. The number of carbonyl (C=O) groups excluding carboxylic acids is 1.